The SMILES string of the molecule is CCOC(=O)COc1c(Cl)cc(Cl)cc1CNC(C)C. The van der Waals surface area contributed by atoms with Crippen LogP contribution in [0.2, 0.25) is 10.0 Å². The van der Waals surface area contributed by atoms with Crippen LogP contribution >= 0.6 is 23.2 Å². The molecule has 112 valence electrons. The van der Waals surface area contributed by atoms with E-state index in [1.165, 1.54) is 0 Å². The lowest BCUT2D eigenvalue weighted by atomic mass is 10.2. The second-order valence-electron chi connectivity index (χ2n) is 4.51. The van der Waals surface area contributed by atoms with Gasteiger partial charge in [-0.1, -0.05) is 37.0 Å². The minimum Gasteiger partial charge on any atom is -0.480 e. The first kappa shape index (κ1) is 17.1. The molecule has 20 heavy (non-hydrogen) atoms. The number of carbonyl (C=O) groups excluding carboxylic acids is 1. The van der Waals surface area contributed by atoms with Gasteiger partial charge in [-0.3, -0.25) is 0 Å². The molecule has 0 aliphatic heterocycles. The van der Waals surface area contributed by atoms with E-state index in [0.717, 1.165) is 5.56 Å². The number of halogens is 2. The van der Waals surface area contributed by atoms with E-state index < -0.39 is 5.97 Å². The molecule has 0 heterocycles. The fraction of sp³-hybridized carbons (Fsp3) is 0.500. The molecule has 0 atom stereocenters. The number of hydrogen-bond donors (Lipinski definition) is 1. The molecule has 0 saturated heterocycles. The molecule has 1 aromatic rings. The van der Waals surface area contributed by atoms with Crippen molar-refractivity contribution in [2.75, 3.05) is 13.2 Å². The van der Waals surface area contributed by atoms with Crippen molar-refractivity contribution >= 4 is 29.2 Å². The molecule has 0 fully saturated rings. The number of rotatable bonds is 7. The normalized spacial score (nSPS) is 10.7. The minimum atomic E-state index is -0.429. The van der Waals surface area contributed by atoms with Gasteiger partial charge in [0.25, 0.3) is 0 Å². The van der Waals surface area contributed by atoms with E-state index in [4.69, 9.17) is 32.7 Å². The van der Waals surface area contributed by atoms with Gasteiger partial charge in [0, 0.05) is 23.2 Å². The number of ether oxygens (including phenoxy) is 2. The summed E-state index contributed by atoms with van der Waals surface area (Å²) in [5.41, 5.74) is 0.806. The third-order valence-electron chi connectivity index (χ3n) is 2.43. The van der Waals surface area contributed by atoms with E-state index in [0.29, 0.717) is 35.0 Å². The van der Waals surface area contributed by atoms with Crippen LogP contribution in [0.5, 0.6) is 5.75 Å². The Morgan fingerprint density at radius 1 is 1.35 bits per heavy atom. The van der Waals surface area contributed by atoms with Crippen LogP contribution in [0.1, 0.15) is 26.3 Å². The van der Waals surface area contributed by atoms with Crippen molar-refractivity contribution in [3.05, 3.63) is 27.7 Å². The first-order valence-corrected chi connectivity index (χ1v) is 7.19. The molecule has 1 aromatic carbocycles. The lowest BCUT2D eigenvalue weighted by Crippen LogP contribution is -2.23. The standard InChI is InChI=1S/C14H19Cl2NO3/c1-4-19-13(18)8-20-14-10(7-17-9(2)3)5-11(15)6-12(14)16/h5-6,9,17H,4,7-8H2,1-3H3. The van der Waals surface area contributed by atoms with Crippen LogP contribution in [0.15, 0.2) is 12.1 Å². The minimum absolute atomic E-state index is 0.177. The van der Waals surface area contributed by atoms with Crippen molar-refractivity contribution in [3.8, 4) is 5.75 Å². The van der Waals surface area contributed by atoms with Gasteiger partial charge in [-0.25, -0.2) is 4.79 Å². The summed E-state index contributed by atoms with van der Waals surface area (Å²) in [6.45, 7) is 6.50. The second-order valence-corrected chi connectivity index (χ2v) is 5.35. The highest BCUT2D eigenvalue weighted by molar-refractivity contribution is 6.35. The van der Waals surface area contributed by atoms with Crippen LogP contribution in [-0.2, 0) is 16.1 Å². The molecule has 0 amide bonds. The average molecular weight is 320 g/mol. The van der Waals surface area contributed by atoms with Crippen LogP contribution in [0.3, 0.4) is 0 Å². The van der Waals surface area contributed by atoms with Crippen molar-refractivity contribution in [1.82, 2.24) is 5.32 Å². The summed E-state index contributed by atoms with van der Waals surface area (Å²) in [5.74, 6) is 0.0264. The lowest BCUT2D eigenvalue weighted by Gasteiger charge is -2.15. The quantitative estimate of drug-likeness (QED) is 0.782. The second kappa shape index (κ2) is 8.35. The molecule has 0 aliphatic carbocycles. The predicted octanol–water partition coefficient (Wildman–Crippen LogP) is 3.43. The Labute approximate surface area is 129 Å². The summed E-state index contributed by atoms with van der Waals surface area (Å²) in [6, 6.07) is 3.66. The Balaban J connectivity index is 2.83. The van der Waals surface area contributed by atoms with Crippen LogP contribution in [0.4, 0.5) is 0 Å². The molecule has 0 radical (unpaired) electrons. The topological polar surface area (TPSA) is 47.6 Å². The first-order chi connectivity index (χ1) is 9.43. The highest BCUT2D eigenvalue weighted by atomic mass is 35.5. The molecular weight excluding hydrogens is 301 g/mol. The molecule has 0 aliphatic rings. The third-order valence-corrected chi connectivity index (χ3v) is 2.92. The van der Waals surface area contributed by atoms with Crippen molar-refractivity contribution in [2.45, 2.75) is 33.4 Å². The van der Waals surface area contributed by atoms with E-state index in [9.17, 15) is 4.79 Å². The Bertz CT molecular complexity index is 464. The highest BCUT2D eigenvalue weighted by Gasteiger charge is 2.13. The third kappa shape index (κ3) is 5.57. The summed E-state index contributed by atoms with van der Waals surface area (Å²) in [7, 11) is 0. The average Bonchev–Trinajstić information content (AvgIpc) is 2.35. The van der Waals surface area contributed by atoms with Crippen molar-refractivity contribution in [3.63, 3.8) is 0 Å². The van der Waals surface area contributed by atoms with Crippen molar-refractivity contribution < 1.29 is 14.3 Å². The molecular formula is C14H19Cl2NO3. The maximum Gasteiger partial charge on any atom is 0.344 e. The molecule has 0 saturated carbocycles. The van der Waals surface area contributed by atoms with E-state index in [1.807, 2.05) is 13.8 Å². The Morgan fingerprint density at radius 2 is 2.05 bits per heavy atom. The van der Waals surface area contributed by atoms with Gasteiger partial charge in [-0.15, -0.1) is 0 Å². The summed E-state index contributed by atoms with van der Waals surface area (Å²) in [6.07, 6.45) is 0. The van der Waals surface area contributed by atoms with Gasteiger partial charge in [0.1, 0.15) is 5.75 Å². The fourth-order valence-electron chi connectivity index (χ4n) is 1.55. The molecule has 6 heteroatoms. The monoisotopic (exact) mass is 319 g/mol. The zero-order valence-corrected chi connectivity index (χ0v) is 13.3. The molecule has 0 bridgehead atoms. The molecule has 0 aromatic heterocycles. The number of carbonyl (C=O) groups is 1. The van der Waals surface area contributed by atoms with Crippen molar-refractivity contribution in [1.29, 1.82) is 0 Å². The largest absolute Gasteiger partial charge is 0.480 e. The lowest BCUT2D eigenvalue weighted by molar-refractivity contribution is -0.145. The summed E-state index contributed by atoms with van der Waals surface area (Å²) in [5, 5.41) is 4.16. The number of esters is 1. The van der Waals surface area contributed by atoms with Gasteiger partial charge in [0.2, 0.25) is 0 Å². The van der Waals surface area contributed by atoms with Gasteiger partial charge in [0.15, 0.2) is 6.61 Å². The van der Waals surface area contributed by atoms with Gasteiger partial charge in [-0.05, 0) is 19.1 Å². The zero-order chi connectivity index (χ0) is 15.1. The van der Waals surface area contributed by atoms with E-state index >= 15 is 0 Å². The van der Waals surface area contributed by atoms with Gasteiger partial charge in [0.05, 0.1) is 11.6 Å². The number of hydrogen-bond acceptors (Lipinski definition) is 4. The maximum absolute atomic E-state index is 11.3. The Hall–Kier alpha value is -0.970. The number of nitrogens with one attached hydrogen (secondary N) is 1. The van der Waals surface area contributed by atoms with Gasteiger partial charge < -0.3 is 14.8 Å². The van der Waals surface area contributed by atoms with Gasteiger partial charge in [-0.2, -0.15) is 0 Å². The van der Waals surface area contributed by atoms with Crippen molar-refractivity contribution in [2.24, 2.45) is 0 Å². The fourth-order valence-corrected chi connectivity index (χ4v) is 2.14. The highest BCUT2D eigenvalue weighted by Crippen LogP contribution is 2.32. The summed E-state index contributed by atoms with van der Waals surface area (Å²) >= 11 is 12.1. The Morgan fingerprint density at radius 3 is 2.65 bits per heavy atom. The Kier molecular flexibility index (Phi) is 7.13. The molecule has 1 N–H and O–H groups in total. The van der Waals surface area contributed by atoms with Crippen LogP contribution < -0.4 is 10.1 Å². The van der Waals surface area contributed by atoms with E-state index in [2.05, 4.69) is 5.32 Å². The zero-order valence-electron chi connectivity index (χ0n) is 11.8. The van der Waals surface area contributed by atoms with E-state index in [1.54, 1.807) is 19.1 Å². The first-order valence-electron chi connectivity index (χ1n) is 6.43. The van der Waals surface area contributed by atoms with E-state index in [-0.39, 0.29) is 6.61 Å². The maximum atomic E-state index is 11.3. The summed E-state index contributed by atoms with van der Waals surface area (Å²) in [4.78, 5) is 11.3. The molecule has 0 spiro atoms. The molecule has 1 rings (SSSR count). The summed E-state index contributed by atoms with van der Waals surface area (Å²) < 4.78 is 10.3. The number of benzene rings is 1. The van der Waals surface area contributed by atoms with Gasteiger partial charge >= 0.3 is 5.97 Å². The smallest absolute Gasteiger partial charge is 0.344 e. The van der Waals surface area contributed by atoms with Crippen LogP contribution in [-0.4, -0.2) is 25.2 Å². The predicted molar refractivity (Wildman–Crippen MR) is 80.6 cm³/mol. The molecule has 0 unspecified atom stereocenters. The van der Waals surface area contributed by atoms with Crippen LogP contribution in [0, 0.1) is 0 Å². The molecule has 4 nitrogen and oxygen atoms in total. The van der Waals surface area contributed by atoms with Crippen LogP contribution in [0.25, 0.3) is 0 Å².